The molecule has 0 saturated carbocycles. The largest absolute Gasteiger partial charge is 0.497 e. The van der Waals surface area contributed by atoms with Crippen LogP contribution in [0.3, 0.4) is 0 Å². The number of nitrogens with one attached hydrogen (secondary N) is 1. The molecule has 1 aliphatic rings. The van der Waals surface area contributed by atoms with Gasteiger partial charge in [-0.3, -0.25) is 4.40 Å². The Kier molecular flexibility index (Phi) is 3.86. The Morgan fingerprint density at radius 3 is 2.78 bits per heavy atom. The summed E-state index contributed by atoms with van der Waals surface area (Å²) in [7, 11) is 1.64. The number of methoxy groups -OCH3 is 1. The Bertz CT molecular complexity index is 1120. The van der Waals surface area contributed by atoms with E-state index in [1.54, 1.807) is 7.11 Å². The second-order valence-electron chi connectivity index (χ2n) is 6.60. The van der Waals surface area contributed by atoms with E-state index in [2.05, 4.69) is 44.7 Å². The zero-order chi connectivity index (χ0) is 18.2. The maximum Gasteiger partial charge on any atom is 0.187 e. The normalized spacial score (nSPS) is 14.8. The van der Waals surface area contributed by atoms with Crippen LogP contribution in [0.4, 0.5) is 5.69 Å². The number of hydrogen-bond donors (Lipinski definition) is 1. The lowest BCUT2D eigenvalue weighted by atomic mass is 10.1. The van der Waals surface area contributed by atoms with Gasteiger partial charge in [0, 0.05) is 43.8 Å². The lowest BCUT2D eigenvalue weighted by molar-refractivity contribution is 0.414. The average Bonchev–Trinajstić information content (AvgIpc) is 3.16. The van der Waals surface area contributed by atoms with E-state index in [-0.39, 0.29) is 0 Å². The van der Waals surface area contributed by atoms with Gasteiger partial charge in [-0.2, -0.15) is 0 Å². The smallest absolute Gasteiger partial charge is 0.187 e. The summed E-state index contributed by atoms with van der Waals surface area (Å²) in [6.45, 7) is 3.96. The van der Waals surface area contributed by atoms with Gasteiger partial charge >= 0.3 is 0 Å². The Morgan fingerprint density at radius 2 is 1.93 bits per heavy atom. The van der Waals surface area contributed by atoms with Crippen LogP contribution in [0, 0.1) is 0 Å². The molecule has 0 radical (unpaired) electrons. The molecule has 0 amide bonds. The molecule has 1 N–H and O–H groups in total. The fourth-order valence-corrected chi connectivity index (χ4v) is 3.59. The number of fused-ring (bicyclic) bond motifs is 2. The van der Waals surface area contributed by atoms with Crippen molar-refractivity contribution in [2.24, 2.45) is 0 Å². The molecule has 5 rings (SSSR count). The van der Waals surface area contributed by atoms with Crippen molar-refractivity contribution in [3.05, 3.63) is 48.7 Å². The van der Waals surface area contributed by atoms with Crippen LogP contribution in [-0.2, 0) is 0 Å². The highest BCUT2D eigenvalue weighted by Crippen LogP contribution is 2.28. The lowest BCUT2D eigenvalue weighted by Gasteiger charge is -2.30. The first-order chi connectivity index (χ1) is 13.3. The molecule has 7 nitrogen and oxygen atoms in total. The zero-order valence-electron chi connectivity index (χ0n) is 15.1. The number of aromatic nitrogens is 4. The molecular weight excluding hydrogens is 340 g/mol. The number of hydrogen-bond acceptors (Lipinski definition) is 6. The van der Waals surface area contributed by atoms with Crippen molar-refractivity contribution in [1.29, 1.82) is 0 Å². The number of benzene rings is 1. The number of nitrogens with zero attached hydrogens (tertiary/aromatic N) is 5. The lowest BCUT2D eigenvalue weighted by Crippen LogP contribution is -2.43. The summed E-state index contributed by atoms with van der Waals surface area (Å²) in [5, 5.41) is 13.2. The third-order valence-corrected chi connectivity index (χ3v) is 5.00. The van der Waals surface area contributed by atoms with Crippen molar-refractivity contribution >= 4 is 22.2 Å². The van der Waals surface area contributed by atoms with Crippen molar-refractivity contribution in [2.45, 2.75) is 0 Å². The number of ether oxygens (including phenoxy) is 1. The third-order valence-electron chi connectivity index (χ3n) is 5.00. The van der Waals surface area contributed by atoms with Crippen molar-refractivity contribution in [2.75, 3.05) is 38.2 Å². The quantitative estimate of drug-likeness (QED) is 0.605. The van der Waals surface area contributed by atoms with E-state index in [1.165, 1.54) is 5.69 Å². The predicted molar refractivity (Wildman–Crippen MR) is 105 cm³/mol. The highest BCUT2D eigenvalue weighted by atomic mass is 16.5. The summed E-state index contributed by atoms with van der Waals surface area (Å²) in [6.07, 6.45) is 1.91. The topological polar surface area (TPSA) is 67.6 Å². The molecule has 0 unspecified atom stereocenters. The number of anilines is 1. The van der Waals surface area contributed by atoms with E-state index in [0.29, 0.717) is 0 Å². The van der Waals surface area contributed by atoms with Crippen LogP contribution in [0.2, 0.25) is 0 Å². The van der Waals surface area contributed by atoms with Crippen LogP contribution in [0.5, 0.6) is 5.75 Å². The summed E-state index contributed by atoms with van der Waals surface area (Å²) in [5.74, 6) is 1.48. The van der Waals surface area contributed by atoms with E-state index in [9.17, 15) is 0 Å². The van der Waals surface area contributed by atoms with Gasteiger partial charge in [0.05, 0.1) is 18.3 Å². The first-order valence-electron chi connectivity index (χ1n) is 9.08. The Balaban J connectivity index is 1.64. The van der Waals surface area contributed by atoms with Crippen molar-refractivity contribution in [3.8, 4) is 17.3 Å². The standard InChI is InChI=1S/C20H20N6O/c1-27-15-7-10-26-18(13-15)23-24-20(26)16-6-5-14-3-2-4-17(19(14)22-16)25-11-8-21-9-12-25/h2-7,10,13,21H,8-9,11-12H2,1H3. The highest BCUT2D eigenvalue weighted by Gasteiger charge is 2.16. The van der Waals surface area contributed by atoms with Gasteiger partial charge in [0.25, 0.3) is 0 Å². The van der Waals surface area contributed by atoms with Gasteiger partial charge in [0.15, 0.2) is 11.5 Å². The summed E-state index contributed by atoms with van der Waals surface area (Å²) >= 11 is 0. The number of piperazine rings is 1. The summed E-state index contributed by atoms with van der Waals surface area (Å²) in [6, 6.07) is 14.2. The molecule has 1 saturated heterocycles. The van der Waals surface area contributed by atoms with E-state index < -0.39 is 0 Å². The van der Waals surface area contributed by atoms with Gasteiger partial charge in [-0.25, -0.2) is 4.98 Å². The van der Waals surface area contributed by atoms with Gasteiger partial charge in [-0.1, -0.05) is 18.2 Å². The van der Waals surface area contributed by atoms with Crippen molar-refractivity contribution in [1.82, 2.24) is 24.9 Å². The second-order valence-corrected chi connectivity index (χ2v) is 6.60. The SMILES string of the molecule is COc1ccn2c(-c3ccc4cccc(N5CCNCC5)c4n3)nnc2c1. The fourth-order valence-electron chi connectivity index (χ4n) is 3.59. The minimum atomic E-state index is 0.727. The predicted octanol–water partition coefficient (Wildman–Crippen LogP) is 2.36. The Labute approximate surface area is 156 Å². The van der Waals surface area contributed by atoms with Crippen LogP contribution < -0.4 is 15.0 Å². The van der Waals surface area contributed by atoms with Gasteiger partial charge in [0.1, 0.15) is 11.4 Å². The average molecular weight is 360 g/mol. The molecule has 3 aromatic heterocycles. The fraction of sp³-hybridized carbons (Fsp3) is 0.250. The number of rotatable bonds is 3. The minimum Gasteiger partial charge on any atom is -0.497 e. The first-order valence-corrected chi connectivity index (χ1v) is 9.08. The monoisotopic (exact) mass is 360 g/mol. The molecule has 0 bridgehead atoms. The van der Waals surface area contributed by atoms with Crippen molar-refractivity contribution < 1.29 is 4.74 Å². The highest BCUT2D eigenvalue weighted by molar-refractivity contribution is 5.92. The van der Waals surface area contributed by atoms with E-state index in [1.807, 2.05) is 28.8 Å². The van der Waals surface area contributed by atoms with Crippen LogP contribution in [0.25, 0.3) is 28.1 Å². The molecule has 136 valence electrons. The first kappa shape index (κ1) is 16.0. The molecule has 1 aromatic carbocycles. The van der Waals surface area contributed by atoms with Gasteiger partial charge < -0.3 is 15.0 Å². The van der Waals surface area contributed by atoms with Crippen molar-refractivity contribution in [3.63, 3.8) is 0 Å². The molecule has 0 atom stereocenters. The molecule has 0 aliphatic carbocycles. The molecule has 0 spiro atoms. The maximum atomic E-state index is 5.27. The minimum absolute atomic E-state index is 0.727. The van der Waals surface area contributed by atoms with Crippen LogP contribution in [0.1, 0.15) is 0 Å². The molecule has 4 aromatic rings. The van der Waals surface area contributed by atoms with Gasteiger partial charge in [-0.15, -0.1) is 10.2 Å². The van der Waals surface area contributed by atoms with Gasteiger partial charge in [-0.05, 0) is 18.2 Å². The van der Waals surface area contributed by atoms with E-state index in [4.69, 9.17) is 9.72 Å². The summed E-state index contributed by atoms with van der Waals surface area (Å²) < 4.78 is 7.21. The van der Waals surface area contributed by atoms with Crippen LogP contribution >= 0.6 is 0 Å². The summed E-state index contributed by atoms with van der Waals surface area (Å²) in [4.78, 5) is 7.36. The Morgan fingerprint density at radius 1 is 1.04 bits per heavy atom. The molecular formula is C20H20N6O. The molecule has 4 heterocycles. The summed E-state index contributed by atoms with van der Waals surface area (Å²) in [5.41, 5.74) is 3.72. The Hall–Kier alpha value is -3.19. The van der Waals surface area contributed by atoms with Gasteiger partial charge in [0.2, 0.25) is 0 Å². The maximum absolute atomic E-state index is 5.27. The number of pyridine rings is 2. The molecule has 1 aliphatic heterocycles. The molecule has 1 fully saturated rings. The molecule has 27 heavy (non-hydrogen) atoms. The molecule has 7 heteroatoms. The second kappa shape index (κ2) is 6.51. The van der Waals surface area contributed by atoms with E-state index >= 15 is 0 Å². The van der Waals surface area contributed by atoms with Crippen LogP contribution in [0.15, 0.2) is 48.7 Å². The van der Waals surface area contributed by atoms with Crippen LogP contribution in [-0.4, -0.2) is 52.9 Å². The zero-order valence-corrected chi connectivity index (χ0v) is 15.1. The van der Waals surface area contributed by atoms with E-state index in [0.717, 1.165) is 60.0 Å². The third kappa shape index (κ3) is 2.76. The number of para-hydroxylation sites is 1.